The average Bonchev–Trinajstić information content (AvgIpc) is 2.99. The number of nitrogens with one attached hydrogen (secondary N) is 1. The van der Waals surface area contributed by atoms with Gasteiger partial charge in [0.25, 0.3) is 5.91 Å². The first-order chi connectivity index (χ1) is 12.5. The maximum absolute atomic E-state index is 12.5. The van der Waals surface area contributed by atoms with Crippen molar-refractivity contribution in [3.8, 4) is 11.5 Å². The van der Waals surface area contributed by atoms with Gasteiger partial charge in [-0.1, -0.05) is 34.5 Å². The van der Waals surface area contributed by atoms with Gasteiger partial charge in [0.05, 0.1) is 33.5 Å². The predicted molar refractivity (Wildman–Crippen MR) is 106 cm³/mol. The van der Waals surface area contributed by atoms with Crippen LogP contribution in [0, 0.1) is 0 Å². The van der Waals surface area contributed by atoms with Crippen LogP contribution in [0.15, 0.2) is 30.3 Å². The number of ether oxygens (including phenoxy) is 2. The standard InChI is InChI=1S/C18H16Cl2N2O3S/c1-3-24-11-5-6-14-15(9-11)26-18(21-14)22-17(23)10-7-12(19)16(25-4-2)13(20)8-10/h5-9H,3-4H2,1-2H3,(H,21,22,23). The van der Waals surface area contributed by atoms with Crippen LogP contribution < -0.4 is 14.8 Å². The van der Waals surface area contributed by atoms with Crippen LogP contribution in [-0.2, 0) is 0 Å². The monoisotopic (exact) mass is 410 g/mol. The summed E-state index contributed by atoms with van der Waals surface area (Å²) in [7, 11) is 0. The summed E-state index contributed by atoms with van der Waals surface area (Å²) in [5, 5.41) is 3.83. The average molecular weight is 411 g/mol. The molecule has 1 amide bonds. The maximum Gasteiger partial charge on any atom is 0.257 e. The van der Waals surface area contributed by atoms with Crippen molar-refractivity contribution in [1.29, 1.82) is 0 Å². The molecule has 0 saturated heterocycles. The van der Waals surface area contributed by atoms with E-state index in [9.17, 15) is 4.79 Å². The molecule has 3 rings (SSSR count). The molecule has 0 aliphatic carbocycles. The van der Waals surface area contributed by atoms with Crippen molar-refractivity contribution >= 4 is 55.8 Å². The molecular weight excluding hydrogens is 395 g/mol. The largest absolute Gasteiger partial charge is 0.494 e. The summed E-state index contributed by atoms with van der Waals surface area (Å²) in [6.45, 7) is 4.78. The molecule has 0 aliphatic heterocycles. The molecular formula is C18H16Cl2N2O3S. The maximum atomic E-state index is 12.5. The molecule has 5 nitrogen and oxygen atoms in total. The second kappa shape index (κ2) is 8.12. The minimum atomic E-state index is -0.346. The Morgan fingerprint density at radius 1 is 1.12 bits per heavy atom. The molecule has 3 aromatic rings. The first-order valence-corrected chi connectivity index (χ1v) is 9.55. The van der Waals surface area contributed by atoms with Gasteiger partial charge in [-0.15, -0.1) is 0 Å². The molecule has 136 valence electrons. The minimum Gasteiger partial charge on any atom is -0.494 e. The summed E-state index contributed by atoms with van der Waals surface area (Å²) in [5.74, 6) is 0.795. The molecule has 1 N–H and O–H groups in total. The highest BCUT2D eigenvalue weighted by atomic mass is 35.5. The number of hydrogen-bond donors (Lipinski definition) is 1. The van der Waals surface area contributed by atoms with Gasteiger partial charge in [0, 0.05) is 5.56 Å². The van der Waals surface area contributed by atoms with Crippen LogP contribution in [0.5, 0.6) is 11.5 Å². The van der Waals surface area contributed by atoms with Gasteiger partial charge >= 0.3 is 0 Å². The van der Waals surface area contributed by atoms with E-state index in [4.69, 9.17) is 32.7 Å². The zero-order chi connectivity index (χ0) is 18.7. The normalized spacial score (nSPS) is 10.8. The molecule has 0 aliphatic rings. The Morgan fingerprint density at radius 3 is 2.46 bits per heavy atom. The number of rotatable bonds is 6. The molecule has 0 fully saturated rings. The Morgan fingerprint density at radius 2 is 1.81 bits per heavy atom. The number of fused-ring (bicyclic) bond motifs is 1. The van der Waals surface area contributed by atoms with E-state index in [1.807, 2.05) is 32.0 Å². The van der Waals surface area contributed by atoms with Crippen LogP contribution in [0.3, 0.4) is 0 Å². The third-order valence-corrected chi connectivity index (χ3v) is 4.94. The Bertz CT molecular complexity index is 936. The summed E-state index contributed by atoms with van der Waals surface area (Å²) in [4.78, 5) is 16.9. The number of amides is 1. The quantitative estimate of drug-likeness (QED) is 0.569. The van der Waals surface area contributed by atoms with Gasteiger partial charge in [-0.3, -0.25) is 10.1 Å². The summed E-state index contributed by atoms with van der Waals surface area (Å²) in [6.07, 6.45) is 0. The Hall–Kier alpha value is -2.02. The van der Waals surface area contributed by atoms with E-state index in [2.05, 4.69) is 10.3 Å². The van der Waals surface area contributed by atoms with E-state index in [1.165, 1.54) is 23.5 Å². The molecule has 0 bridgehead atoms. The number of nitrogens with zero attached hydrogens (tertiary/aromatic N) is 1. The number of carbonyl (C=O) groups is 1. The van der Waals surface area contributed by atoms with Crippen molar-refractivity contribution in [2.45, 2.75) is 13.8 Å². The van der Waals surface area contributed by atoms with Crippen LogP contribution >= 0.6 is 34.5 Å². The van der Waals surface area contributed by atoms with Crippen LogP contribution in [0.4, 0.5) is 5.13 Å². The van der Waals surface area contributed by atoms with Crippen LogP contribution in [0.1, 0.15) is 24.2 Å². The van der Waals surface area contributed by atoms with Gasteiger partial charge in [-0.25, -0.2) is 4.98 Å². The summed E-state index contributed by atoms with van der Waals surface area (Å²) >= 11 is 13.7. The van der Waals surface area contributed by atoms with Crippen molar-refractivity contribution in [2.24, 2.45) is 0 Å². The number of hydrogen-bond acceptors (Lipinski definition) is 5. The predicted octanol–water partition coefficient (Wildman–Crippen LogP) is 5.65. The van der Waals surface area contributed by atoms with E-state index in [0.29, 0.717) is 29.7 Å². The number of halogens is 2. The SMILES string of the molecule is CCOc1ccc2nc(NC(=O)c3cc(Cl)c(OCC)c(Cl)c3)sc2c1. The molecule has 0 spiro atoms. The smallest absolute Gasteiger partial charge is 0.257 e. The highest BCUT2D eigenvalue weighted by Crippen LogP contribution is 2.35. The van der Waals surface area contributed by atoms with Crippen molar-refractivity contribution in [1.82, 2.24) is 4.98 Å². The zero-order valence-corrected chi connectivity index (χ0v) is 16.5. The van der Waals surface area contributed by atoms with Gasteiger partial charge in [0.1, 0.15) is 5.75 Å². The molecule has 1 heterocycles. The fourth-order valence-electron chi connectivity index (χ4n) is 2.36. The Kier molecular flexibility index (Phi) is 5.86. The molecule has 0 saturated carbocycles. The number of anilines is 1. The molecule has 2 aromatic carbocycles. The fraction of sp³-hybridized carbons (Fsp3) is 0.222. The van der Waals surface area contributed by atoms with Crippen LogP contribution in [0.2, 0.25) is 10.0 Å². The zero-order valence-electron chi connectivity index (χ0n) is 14.1. The van der Waals surface area contributed by atoms with Crippen molar-refractivity contribution in [3.05, 3.63) is 45.9 Å². The lowest BCUT2D eigenvalue weighted by molar-refractivity contribution is 0.102. The van der Waals surface area contributed by atoms with Gasteiger partial charge in [-0.05, 0) is 44.2 Å². The van der Waals surface area contributed by atoms with Crippen LogP contribution in [-0.4, -0.2) is 24.1 Å². The second-order valence-electron chi connectivity index (χ2n) is 5.24. The summed E-state index contributed by atoms with van der Waals surface area (Å²) < 4.78 is 11.8. The molecule has 0 atom stereocenters. The molecule has 0 unspecified atom stereocenters. The number of thiazole rings is 1. The Labute approximate surface area is 164 Å². The molecule has 0 radical (unpaired) electrons. The van der Waals surface area contributed by atoms with Gasteiger partial charge < -0.3 is 9.47 Å². The number of benzene rings is 2. The van der Waals surface area contributed by atoms with Gasteiger partial charge in [0.15, 0.2) is 10.9 Å². The molecule has 26 heavy (non-hydrogen) atoms. The van der Waals surface area contributed by atoms with Gasteiger partial charge in [-0.2, -0.15) is 0 Å². The Balaban J connectivity index is 1.82. The topological polar surface area (TPSA) is 60.5 Å². The first kappa shape index (κ1) is 18.8. The third kappa shape index (κ3) is 4.03. The van der Waals surface area contributed by atoms with E-state index >= 15 is 0 Å². The van der Waals surface area contributed by atoms with Crippen molar-refractivity contribution < 1.29 is 14.3 Å². The lowest BCUT2D eigenvalue weighted by Crippen LogP contribution is -2.12. The lowest BCUT2D eigenvalue weighted by atomic mass is 10.2. The summed E-state index contributed by atoms with van der Waals surface area (Å²) in [5.41, 5.74) is 1.12. The lowest BCUT2D eigenvalue weighted by Gasteiger charge is -2.10. The van der Waals surface area contributed by atoms with E-state index in [0.717, 1.165) is 16.0 Å². The molecule has 1 aromatic heterocycles. The van der Waals surface area contributed by atoms with Crippen molar-refractivity contribution in [3.63, 3.8) is 0 Å². The number of aromatic nitrogens is 1. The van der Waals surface area contributed by atoms with E-state index in [-0.39, 0.29) is 16.0 Å². The van der Waals surface area contributed by atoms with Crippen LogP contribution in [0.25, 0.3) is 10.2 Å². The molecule has 8 heteroatoms. The third-order valence-electron chi connectivity index (χ3n) is 3.44. The minimum absolute atomic E-state index is 0.287. The highest BCUT2D eigenvalue weighted by molar-refractivity contribution is 7.22. The first-order valence-electron chi connectivity index (χ1n) is 7.98. The number of carbonyl (C=O) groups excluding carboxylic acids is 1. The highest BCUT2D eigenvalue weighted by Gasteiger charge is 2.15. The van der Waals surface area contributed by atoms with Gasteiger partial charge in [0.2, 0.25) is 0 Å². The van der Waals surface area contributed by atoms with E-state index in [1.54, 1.807) is 0 Å². The fourth-order valence-corrected chi connectivity index (χ4v) is 3.84. The summed E-state index contributed by atoms with van der Waals surface area (Å²) in [6, 6.07) is 8.65. The second-order valence-corrected chi connectivity index (χ2v) is 7.08. The van der Waals surface area contributed by atoms with E-state index < -0.39 is 0 Å². The van der Waals surface area contributed by atoms with Crippen molar-refractivity contribution in [2.75, 3.05) is 18.5 Å².